The third kappa shape index (κ3) is 2.43. The van der Waals surface area contributed by atoms with Crippen molar-refractivity contribution in [3.05, 3.63) is 24.3 Å². The zero-order valence-electron chi connectivity index (χ0n) is 9.63. The number of allylic oxidation sites excluding steroid dienone is 2. The zero-order chi connectivity index (χ0) is 12.3. The highest BCUT2D eigenvalue weighted by Crippen LogP contribution is 2.16. The van der Waals surface area contributed by atoms with Crippen LogP contribution in [-0.4, -0.2) is 41.7 Å². The van der Waals surface area contributed by atoms with E-state index in [4.69, 9.17) is 4.74 Å². The average molecular weight is 234 g/mol. The van der Waals surface area contributed by atoms with E-state index in [1.54, 1.807) is 11.9 Å². The molecule has 0 aromatic rings. The highest BCUT2D eigenvalue weighted by atomic mass is 16.5. The normalized spacial score (nSPS) is 22.9. The predicted molar refractivity (Wildman–Crippen MR) is 62.5 cm³/mol. The molecule has 0 aromatic heterocycles. The SMILES string of the molecule is CCOC(=O)C1=NN(C2C=CC=CC2)CC1=O. The number of hydrogen-bond acceptors (Lipinski definition) is 5. The Morgan fingerprint density at radius 1 is 1.59 bits per heavy atom. The molecule has 0 saturated heterocycles. The maximum atomic E-state index is 11.6. The summed E-state index contributed by atoms with van der Waals surface area (Å²) in [6, 6.07) is 0.0517. The van der Waals surface area contributed by atoms with Gasteiger partial charge in [0.25, 0.3) is 0 Å². The zero-order valence-corrected chi connectivity index (χ0v) is 9.63. The maximum absolute atomic E-state index is 11.6. The Hall–Kier alpha value is -1.91. The minimum Gasteiger partial charge on any atom is -0.461 e. The van der Waals surface area contributed by atoms with Crippen molar-refractivity contribution in [2.45, 2.75) is 19.4 Å². The van der Waals surface area contributed by atoms with Crippen LogP contribution >= 0.6 is 0 Å². The van der Waals surface area contributed by atoms with Crippen LogP contribution in [0.3, 0.4) is 0 Å². The summed E-state index contributed by atoms with van der Waals surface area (Å²) in [5.74, 6) is -0.901. The maximum Gasteiger partial charge on any atom is 0.362 e. The van der Waals surface area contributed by atoms with Gasteiger partial charge in [0.05, 0.1) is 12.6 Å². The highest BCUT2D eigenvalue weighted by Gasteiger charge is 2.32. The lowest BCUT2D eigenvalue weighted by molar-refractivity contribution is -0.135. The second kappa shape index (κ2) is 4.95. The molecule has 5 heteroatoms. The smallest absolute Gasteiger partial charge is 0.362 e. The molecule has 0 bridgehead atoms. The lowest BCUT2D eigenvalue weighted by atomic mass is 10.1. The Morgan fingerprint density at radius 3 is 3.06 bits per heavy atom. The van der Waals surface area contributed by atoms with Crippen LogP contribution in [0.1, 0.15) is 13.3 Å². The third-order valence-electron chi connectivity index (χ3n) is 2.61. The molecule has 17 heavy (non-hydrogen) atoms. The van der Waals surface area contributed by atoms with Crippen LogP contribution < -0.4 is 0 Å². The highest BCUT2D eigenvalue weighted by molar-refractivity contribution is 6.65. The molecule has 0 aromatic carbocycles. The number of hydrazone groups is 1. The van der Waals surface area contributed by atoms with E-state index in [0.717, 1.165) is 6.42 Å². The summed E-state index contributed by atoms with van der Waals surface area (Å²) in [6.07, 6.45) is 8.63. The van der Waals surface area contributed by atoms with Crippen LogP contribution in [0.5, 0.6) is 0 Å². The van der Waals surface area contributed by atoms with Crippen molar-refractivity contribution in [2.24, 2.45) is 5.10 Å². The molecule has 0 amide bonds. The Balaban J connectivity index is 2.08. The van der Waals surface area contributed by atoms with Gasteiger partial charge >= 0.3 is 5.97 Å². The van der Waals surface area contributed by atoms with Gasteiger partial charge in [0, 0.05) is 0 Å². The Morgan fingerprint density at radius 2 is 2.41 bits per heavy atom. The molecule has 1 atom stereocenters. The number of ketones is 1. The molecule has 0 saturated carbocycles. The molecule has 1 heterocycles. The van der Waals surface area contributed by atoms with Crippen LogP contribution in [0.2, 0.25) is 0 Å². The number of carbonyl (C=O) groups is 2. The monoisotopic (exact) mass is 234 g/mol. The topological polar surface area (TPSA) is 59.0 Å². The first kappa shape index (κ1) is 11.6. The third-order valence-corrected chi connectivity index (χ3v) is 2.61. The minimum absolute atomic E-state index is 0.0517. The molecule has 0 N–H and O–H groups in total. The molecular formula is C12H14N2O3. The number of carbonyl (C=O) groups excluding carboxylic acids is 2. The van der Waals surface area contributed by atoms with Gasteiger partial charge in [0.2, 0.25) is 11.5 Å². The van der Waals surface area contributed by atoms with Crippen molar-refractivity contribution in [3.8, 4) is 0 Å². The molecule has 0 fully saturated rings. The number of esters is 1. The van der Waals surface area contributed by atoms with E-state index in [9.17, 15) is 9.59 Å². The first-order valence-corrected chi connectivity index (χ1v) is 5.61. The lowest BCUT2D eigenvalue weighted by Gasteiger charge is -2.22. The molecule has 5 nitrogen and oxygen atoms in total. The number of nitrogens with zero attached hydrogens (tertiary/aromatic N) is 2. The fourth-order valence-corrected chi connectivity index (χ4v) is 1.78. The van der Waals surface area contributed by atoms with Gasteiger partial charge in [-0.15, -0.1) is 0 Å². The van der Waals surface area contributed by atoms with Crippen LogP contribution in [0.25, 0.3) is 0 Å². The van der Waals surface area contributed by atoms with E-state index in [1.165, 1.54) is 0 Å². The number of ether oxygens (including phenoxy) is 1. The molecule has 90 valence electrons. The second-order valence-corrected chi connectivity index (χ2v) is 3.81. The fraction of sp³-hybridized carbons (Fsp3) is 0.417. The Bertz CT molecular complexity index is 423. The summed E-state index contributed by atoms with van der Waals surface area (Å²) in [4.78, 5) is 23.1. The van der Waals surface area contributed by atoms with Crippen molar-refractivity contribution >= 4 is 17.5 Å². The first-order valence-electron chi connectivity index (χ1n) is 5.61. The van der Waals surface area contributed by atoms with Crippen LogP contribution in [-0.2, 0) is 14.3 Å². The molecule has 1 aliphatic carbocycles. The molecule has 0 radical (unpaired) electrons. The molecule has 0 spiro atoms. The summed E-state index contributed by atoms with van der Waals surface area (Å²) in [6.45, 7) is 2.10. The first-order chi connectivity index (χ1) is 8.22. The summed E-state index contributed by atoms with van der Waals surface area (Å²) >= 11 is 0. The summed E-state index contributed by atoms with van der Waals surface area (Å²) < 4.78 is 4.78. The molecule has 1 unspecified atom stereocenters. The number of rotatable bonds is 3. The minimum atomic E-state index is -0.629. The van der Waals surface area contributed by atoms with Crippen LogP contribution in [0.15, 0.2) is 29.4 Å². The van der Waals surface area contributed by atoms with Gasteiger partial charge < -0.3 is 4.74 Å². The quantitative estimate of drug-likeness (QED) is 0.674. The Kier molecular flexibility index (Phi) is 3.37. The standard InChI is InChI=1S/C12H14N2O3/c1-2-17-12(16)11-10(15)8-14(13-11)9-6-4-3-5-7-9/h3-6,9H,2,7-8H2,1H3. The van der Waals surface area contributed by atoms with E-state index >= 15 is 0 Å². The summed E-state index contributed by atoms with van der Waals surface area (Å²) in [5.41, 5.74) is -0.0881. The second-order valence-electron chi connectivity index (χ2n) is 3.81. The van der Waals surface area contributed by atoms with Crippen molar-refractivity contribution in [2.75, 3.05) is 13.2 Å². The van der Waals surface area contributed by atoms with E-state index in [0.29, 0.717) is 0 Å². The summed E-state index contributed by atoms with van der Waals surface area (Å²) in [5, 5.41) is 5.69. The van der Waals surface area contributed by atoms with Crippen molar-refractivity contribution in [1.29, 1.82) is 0 Å². The van der Waals surface area contributed by atoms with E-state index < -0.39 is 5.97 Å². The van der Waals surface area contributed by atoms with Gasteiger partial charge in [-0.1, -0.05) is 24.3 Å². The number of Topliss-reactive ketones (excluding diaryl/α,β-unsaturated/α-hetero) is 1. The molecule has 1 aliphatic heterocycles. The van der Waals surface area contributed by atoms with Gasteiger partial charge in [0.15, 0.2) is 0 Å². The van der Waals surface area contributed by atoms with Crippen molar-refractivity contribution in [1.82, 2.24) is 5.01 Å². The van der Waals surface area contributed by atoms with Crippen LogP contribution in [0, 0.1) is 0 Å². The Labute approximate surface area is 99.4 Å². The van der Waals surface area contributed by atoms with E-state index in [-0.39, 0.29) is 30.7 Å². The van der Waals surface area contributed by atoms with Gasteiger partial charge in [-0.25, -0.2) is 4.79 Å². The molecular weight excluding hydrogens is 220 g/mol. The molecule has 2 aliphatic rings. The van der Waals surface area contributed by atoms with Gasteiger partial charge in [-0.2, -0.15) is 5.10 Å². The van der Waals surface area contributed by atoms with Gasteiger partial charge in [0.1, 0.15) is 6.54 Å². The number of hydrogen-bond donors (Lipinski definition) is 0. The lowest BCUT2D eigenvalue weighted by Crippen LogP contribution is -2.30. The fourth-order valence-electron chi connectivity index (χ4n) is 1.78. The van der Waals surface area contributed by atoms with Crippen molar-refractivity contribution in [3.63, 3.8) is 0 Å². The van der Waals surface area contributed by atoms with Crippen molar-refractivity contribution < 1.29 is 14.3 Å². The van der Waals surface area contributed by atoms with Gasteiger partial charge in [-0.05, 0) is 13.3 Å². The predicted octanol–water partition coefficient (Wildman–Crippen LogP) is 0.675. The van der Waals surface area contributed by atoms with E-state index in [2.05, 4.69) is 5.10 Å². The van der Waals surface area contributed by atoms with Crippen LogP contribution in [0.4, 0.5) is 0 Å². The summed E-state index contributed by atoms with van der Waals surface area (Å²) in [7, 11) is 0. The average Bonchev–Trinajstić information content (AvgIpc) is 2.73. The van der Waals surface area contributed by atoms with E-state index in [1.807, 2.05) is 24.3 Å². The largest absolute Gasteiger partial charge is 0.461 e. The molecule has 2 rings (SSSR count). The van der Waals surface area contributed by atoms with Gasteiger partial charge in [-0.3, -0.25) is 9.80 Å².